The topological polar surface area (TPSA) is 32.3 Å². The highest BCUT2D eigenvalue weighted by Gasteiger charge is 2.25. The summed E-state index contributed by atoms with van der Waals surface area (Å²) in [6.45, 7) is 4.60. The Hall–Kier alpha value is -0.770. The minimum Gasteiger partial charge on any atom is -0.338 e. The van der Waals surface area contributed by atoms with Crippen LogP contribution in [0.5, 0.6) is 0 Å². The minimum atomic E-state index is 0. The van der Waals surface area contributed by atoms with Gasteiger partial charge < -0.3 is 10.2 Å². The van der Waals surface area contributed by atoms with Gasteiger partial charge in [0.2, 0.25) is 0 Å². The smallest absolute Gasteiger partial charge is 0.255 e. The first-order chi connectivity index (χ1) is 9.11. The van der Waals surface area contributed by atoms with E-state index in [4.69, 9.17) is 11.6 Å². The molecule has 5 heteroatoms. The van der Waals surface area contributed by atoms with Gasteiger partial charge in [0.15, 0.2) is 0 Å². The zero-order valence-electron chi connectivity index (χ0n) is 12.0. The molecule has 1 N–H and O–H groups in total. The number of likely N-dealkylation sites (tertiary alicyclic amines) is 1. The molecule has 1 unspecified atom stereocenters. The Kier molecular flexibility index (Phi) is 6.80. The van der Waals surface area contributed by atoms with Crippen molar-refractivity contribution in [2.24, 2.45) is 5.92 Å². The normalized spacial score (nSPS) is 18.6. The molecule has 0 radical (unpaired) electrons. The third kappa shape index (κ3) is 4.11. The summed E-state index contributed by atoms with van der Waals surface area (Å²) in [5.74, 6) is 0.609. The molecule has 1 aromatic rings. The van der Waals surface area contributed by atoms with E-state index in [2.05, 4.69) is 5.32 Å². The molecule has 1 aromatic carbocycles. The lowest BCUT2D eigenvalue weighted by molar-refractivity contribution is 0.0674. The Bertz CT molecular complexity index is 463. The average Bonchev–Trinajstić information content (AvgIpc) is 2.39. The van der Waals surface area contributed by atoms with Crippen molar-refractivity contribution in [3.8, 4) is 0 Å². The number of benzene rings is 1. The van der Waals surface area contributed by atoms with E-state index in [0.29, 0.717) is 16.5 Å². The Balaban J connectivity index is 0.00000200. The molecule has 1 fully saturated rings. The molecule has 1 atom stereocenters. The summed E-state index contributed by atoms with van der Waals surface area (Å²) in [5, 5.41) is 3.75. The van der Waals surface area contributed by atoms with Gasteiger partial charge in [-0.25, -0.2) is 0 Å². The van der Waals surface area contributed by atoms with Crippen molar-refractivity contribution in [3.05, 3.63) is 34.3 Å². The lowest BCUT2D eigenvalue weighted by Crippen LogP contribution is -2.42. The molecule has 112 valence electrons. The highest BCUT2D eigenvalue weighted by molar-refractivity contribution is 6.33. The van der Waals surface area contributed by atoms with Crippen LogP contribution < -0.4 is 5.32 Å². The largest absolute Gasteiger partial charge is 0.338 e. The van der Waals surface area contributed by atoms with E-state index in [9.17, 15) is 4.79 Å². The molecular weight excluding hydrogens is 295 g/mol. The van der Waals surface area contributed by atoms with Gasteiger partial charge in [-0.05, 0) is 57.0 Å². The van der Waals surface area contributed by atoms with E-state index >= 15 is 0 Å². The van der Waals surface area contributed by atoms with Crippen LogP contribution in [-0.2, 0) is 0 Å². The molecule has 0 aliphatic carbocycles. The molecule has 0 spiro atoms. The van der Waals surface area contributed by atoms with Crippen LogP contribution in [0.15, 0.2) is 18.2 Å². The number of piperidine rings is 1. The van der Waals surface area contributed by atoms with Gasteiger partial charge in [-0.3, -0.25) is 4.79 Å². The van der Waals surface area contributed by atoms with Crippen LogP contribution >= 0.6 is 24.0 Å². The molecule has 20 heavy (non-hydrogen) atoms. The van der Waals surface area contributed by atoms with Crippen LogP contribution in [0.4, 0.5) is 0 Å². The van der Waals surface area contributed by atoms with E-state index in [0.717, 1.165) is 31.6 Å². The van der Waals surface area contributed by atoms with Gasteiger partial charge in [0.05, 0.1) is 10.6 Å². The third-order valence-corrected chi connectivity index (χ3v) is 3.97. The van der Waals surface area contributed by atoms with Gasteiger partial charge in [0.25, 0.3) is 5.91 Å². The van der Waals surface area contributed by atoms with Crippen molar-refractivity contribution in [1.82, 2.24) is 10.2 Å². The molecule has 1 aliphatic heterocycles. The molecule has 0 saturated carbocycles. The maximum absolute atomic E-state index is 12.5. The predicted molar refractivity (Wildman–Crippen MR) is 86.0 cm³/mol. The number of nitrogens with one attached hydrogen (secondary N) is 1. The standard InChI is InChI=1S/C15H21ClN2O.ClH/c1-11-5-6-13(14(16)8-11)15(19)18-7-3-4-12(10-18)9-17-2;/h5-6,8,12,17H,3-4,7,9-10H2,1-2H3;1H. The SMILES string of the molecule is CNCC1CCCN(C(=O)c2ccc(C)cc2Cl)C1.Cl. The van der Waals surface area contributed by atoms with Gasteiger partial charge in [-0.1, -0.05) is 17.7 Å². The molecule has 2 rings (SSSR count). The van der Waals surface area contributed by atoms with E-state index < -0.39 is 0 Å². The van der Waals surface area contributed by atoms with Crippen LogP contribution in [0.25, 0.3) is 0 Å². The number of rotatable bonds is 3. The predicted octanol–water partition coefficient (Wildman–Crippen LogP) is 3.14. The molecule has 1 heterocycles. The highest BCUT2D eigenvalue weighted by atomic mass is 35.5. The summed E-state index contributed by atoms with van der Waals surface area (Å²) < 4.78 is 0. The Morgan fingerprint density at radius 3 is 2.90 bits per heavy atom. The number of aryl methyl sites for hydroxylation is 1. The first-order valence-corrected chi connectivity index (χ1v) is 7.19. The number of hydrogen-bond donors (Lipinski definition) is 1. The Labute approximate surface area is 132 Å². The maximum atomic E-state index is 12.5. The number of nitrogens with zero attached hydrogens (tertiary/aromatic N) is 1. The van der Waals surface area contributed by atoms with Gasteiger partial charge >= 0.3 is 0 Å². The van der Waals surface area contributed by atoms with E-state index in [1.54, 1.807) is 0 Å². The van der Waals surface area contributed by atoms with E-state index in [1.165, 1.54) is 6.42 Å². The molecule has 1 amide bonds. The van der Waals surface area contributed by atoms with Crippen molar-refractivity contribution < 1.29 is 4.79 Å². The van der Waals surface area contributed by atoms with E-state index in [1.807, 2.05) is 37.1 Å². The lowest BCUT2D eigenvalue weighted by Gasteiger charge is -2.33. The fourth-order valence-electron chi connectivity index (χ4n) is 2.67. The first kappa shape index (κ1) is 17.3. The summed E-state index contributed by atoms with van der Waals surface area (Å²) in [5.41, 5.74) is 1.70. The van der Waals surface area contributed by atoms with Gasteiger partial charge in [-0.2, -0.15) is 0 Å². The van der Waals surface area contributed by atoms with Crippen LogP contribution in [0, 0.1) is 12.8 Å². The zero-order chi connectivity index (χ0) is 13.8. The second-order valence-corrected chi connectivity index (χ2v) is 5.71. The zero-order valence-corrected chi connectivity index (χ0v) is 13.6. The van der Waals surface area contributed by atoms with Crippen LogP contribution in [0.2, 0.25) is 5.02 Å². The quantitative estimate of drug-likeness (QED) is 0.929. The second kappa shape index (κ2) is 7.87. The molecule has 3 nitrogen and oxygen atoms in total. The highest BCUT2D eigenvalue weighted by Crippen LogP contribution is 2.23. The van der Waals surface area contributed by atoms with Crippen molar-refractivity contribution in [3.63, 3.8) is 0 Å². The van der Waals surface area contributed by atoms with Crippen molar-refractivity contribution >= 4 is 29.9 Å². The Morgan fingerprint density at radius 2 is 2.25 bits per heavy atom. The van der Waals surface area contributed by atoms with Crippen LogP contribution in [0.1, 0.15) is 28.8 Å². The molecular formula is C15H22Cl2N2O. The van der Waals surface area contributed by atoms with Gasteiger partial charge in [0, 0.05) is 13.1 Å². The monoisotopic (exact) mass is 316 g/mol. The summed E-state index contributed by atoms with van der Waals surface area (Å²) in [7, 11) is 1.96. The van der Waals surface area contributed by atoms with Gasteiger partial charge in [-0.15, -0.1) is 12.4 Å². The summed E-state index contributed by atoms with van der Waals surface area (Å²) >= 11 is 6.18. The summed E-state index contributed by atoms with van der Waals surface area (Å²) in [6, 6.07) is 5.62. The first-order valence-electron chi connectivity index (χ1n) is 6.82. The number of carbonyl (C=O) groups excluding carboxylic acids is 1. The van der Waals surface area contributed by atoms with Crippen molar-refractivity contribution in [1.29, 1.82) is 0 Å². The van der Waals surface area contributed by atoms with Crippen LogP contribution in [0.3, 0.4) is 0 Å². The number of hydrogen-bond acceptors (Lipinski definition) is 2. The molecule has 0 bridgehead atoms. The summed E-state index contributed by atoms with van der Waals surface area (Å²) in [4.78, 5) is 14.4. The van der Waals surface area contributed by atoms with E-state index in [-0.39, 0.29) is 18.3 Å². The minimum absolute atomic E-state index is 0. The fourth-order valence-corrected chi connectivity index (χ4v) is 2.98. The fraction of sp³-hybridized carbons (Fsp3) is 0.533. The number of carbonyl (C=O) groups is 1. The average molecular weight is 317 g/mol. The lowest BCUT2D eigenvalue weighted by atomic mass is 9.97. The second-order valence-electron chi connectivity index (χ2n) is 5.30. The third-order valence-electron chi connectivity index (χ3n) is 3.65. The molecule has 1 aliphatic rings. The Morgan fingerprint density at radius 1 is 1.50 bits per heavy atom. The molecule has 0 aromatic heterocycles. The summed E-state index contributed by atoms with van der Waals surface area (Å²) in [6.07, 6.45) is 2.26. The van der Waals surface area contributed by atoms with Crippen LogP contribution in [-0.4, -0.2) is 37.5 Å². The number of halogens is 2. The number of amides is 1. The van der Waals surface area contributed by atoms with Gasteiger partial charge in [0.1, 0.15) is 0 Å². The van der Waals surface area contributed by atoms with Crippen molar-refractivity contribution in [2.75, 3.05) is 26.7 Å². The molecule has 1 saturated heterocycles. The van der Waals surface area contributed by atoms with Crippen molar-refractivity contribution in [2.45, 2.75) is 19.8 Å². The maximum Gasteiger partial charge on any atom is 0.255 e.